The Morgan fingerprint density at radius 1 is 1.30 bits per heavy atom. The molecule has 1 N–H and O–H groups in total. The molecule has 1 aromatic rings. The average molecular weight is 317 g/mol. The van der Waals surface area contributed by atoms with Gasteiger partial charge in [0.2, 0.25) is 0 Å². The molecule has 0 spiro atoms. The Labute approximate surface area is 136 Å². The lowest BCUT2D eigenvalue weighted by atomic mass is 9.96. The largest absolute Gasteiger partial charge is 0.492 e. The second kappa shape index (κ2) is 6.20. The average Bonchev–Trinajstić information content (AvgIpc) is 3.35. The van der Waals surface area contributed by atoms with Crippen molar-refractivity contribution in [2.75, 3.05) is 26.9 Å². The summed E-state index contributed by atoms with van der Waals surface area (Å²) in [6.45, 7) is 3.25. The third kappa shape index (κ3) is 3.32. The summed E-state index contributed by atoms with van der Waals surface area (Å²) in [4.78, 5) is 27.9. The Morgan fingerprint density at radius 2 is 2.00 bits per heavy atom. The van der Waals surface area contributed by atoms with E-state index in [9.17, 15) is 9.59 Å². The maximum atomic E-state index is 12.5. The van der Waals surface area contributed by atoms with Crippen molar-refractivity contribution in [3.63, 3.8) is 0 Å². The maximum absolute atomic E-state index is 12.5. The minimum absolute atomic E-state index is 0.110. The van der Waals surface area contributed by atoms with E-state index in [2.05, 4.69) is 5.32 Å². The van der Waals surface area contributed by atoms with Crippen LogP contribution in [0.3, 0.4) is 0 Å². The quantitative estimate of drug-likeness (QED) is 0.777. The highest BCUT2D eigenvalue weighted by Crippen LogP contribution is 2.42. The summed E-state index contributed by atoms with van der Waals surface area (Å²) in [5, 5.41) is 2.86. The van der Waals surface area contributed by atoms with Crippen LogP contribution in [0.15, 0.2) is 30.3 Å². The molecule has 1 aromatic carbocycles. The molecule has 6 nitrogen and oxygen atoms in total. The molecule has 1 saturated carbocycles. The molecule has 1 aliphatic carbocycles. The topological polar surface area (TPSA) is 61.9 Å². The van der Waals surface area contributed by atoms with Crippen molar-refractivity contribution in [2.45, 2.75) is 25.3 Å². The van der Waals surface area contributed by atoms with Crippen LogP contribution in [-0.4, -0.2) is 54.1 Å². The van der Waals surface area contributed by atoms with Gasteiger partial charge in [0.1, 0.15) is 17.9 Å². The summed E-state index contributed by atoms with van der Waals surface area (Å²) in [5.74, 6) is 0.994. The number of nitrogens with one attached hydrogen (secondary N) is 1. The maximum Gasteiger partial charge on any atom is 0.326 e. The second-order valence-corrected chi connectivity index (χ2v) is 6.52. The van der Waals surface area contributed by atoms with Gasteiger partial charge in [-0.15, -0.1) is 0 Å². The van der Waals surface area contributed by atoms with E-state index < -0.39 is 5.54 Å². The summed E-state index contributed by atoms with van der Waals surface area (Å²) in [7, 11) is 1.88. The molecular formula is C17H23N3O3. The minimum atomic E-state index is -0.710. The molecule has 1 aliphatic heterocycles. The summed E-state index contributed by atoms with van der Waals surface area (Å²) in [6, 6.07) is 9.29. The first-order chi connectivity index (χ1) is 11.0. The summed E-state index contributed by atoms with van der Waals surface area (Å²) in [6.07, 6.45) is 2.02. The number of benzene rings is 1. The molecule has 2 fully saturated rings. The smallest absolute Gasteiger partial charge is 0.326 e. The van der Waals surface area contributed by atoms with Crippen LogP contribution in [0.4, 0.5) is 4.79 Å². The SMILES string of the molecule is CN(CCOc1ccccc1)CN1C(=O)N[C@](C)(C2CC2)C1=O. The zero-order chi connectivity index (χ0) is 16.4. The highest BCUT2D eigenvalue weighted by molar-refractivity contribution is 6.07. The molecule has 23 heavy (non-hydrogen) atoms. The number of urea groups is 1. The number of rotatable bonds is 7. The van der Waals surface area contributed by atoms with E-state index in [-0.39, 0.29) is 24.5 Å². The van der Waals surface area contributed by atoms with Crippen LogP contribution in [0, 0.1) is 5.92 Å². The van der Waals surface area contributed by atoms with Crippen molar-refractivity contribution in [3.05, 3.63) is 30.3 Å². The van der Waals surface area contributed by atoms with Gasteiger partial charge in [0.05, 0.1) is 6.67 Å². The number of para-hydroxylation sites is 1. The van der Waals surface area contributed by atoms with Crippen LogP contribution in [-0.2, 0) is 4.79 Å². The van der Waals surface area contributed by atoms with Gasteiger partial charge >= 0.3 is 6.03 Å². The molecule has 0 bridgehead atoms. The van der Waals surface area contributed by atoms with Crippen LogP contribution in [0.25, 0.3) is 0 Å². The second-order valence-electron chi connectivity index (χ2n) is 6.52. The lowest BCUT2D eigenvalue weighted by Crippen LogP contribution is -2.47. The highest BCUT2D eigenvalue weighted by atomic mass is 16.5. The Hall–Kier alpha value is -2.08. The third-order valence-electron chi connectivity index (χ3n) is 4.56. The van der Waals surface area contributed by atoms with Gasteiger partial charge in [-0.3, -0.25) is 9.69 Å². The molecule has 1 atom stereocenters. The number of carbonyl (C=O) groups is 2. The van der Waals surface area contributed by atoms with Gasteiger partial charge in [0, 0.05) is 6.54 Å². The predicted octanol–water partition coefficient (Wildman–Crippen LogP) is 1.68. The molecule has 1 saturated heterocycles. The number of likely N-dealkylation sites (N-methyl/N-ethyl adjacent to an activating group) is 1. The van der Waals surface area contributed by atoms with Gasteiger partial charge in [-0.05, 0) is 44.9 Å². The number of ether oxygens (including phenoxy) is 1. The molecule has 3 rings (SSSR count). The van der Waals surface area contributed by atoms with Crippen molar-refractivity contribution in [2.24, 2.45) is 5.92 Å². The number of amides is 3. The molecule has 0 aromatic heterocycles. The van der Waals surface area contributed by atoms with Crippen molar-refractivity contribution < 1.29 is 14.3 Å². The lowest BCUT2D eigenvalue weighted by molar-refractivity contribution is -0.132. The summed E-state index contributed by atoms with van der Waals surface area (Å²) in [5.41, 5.74) is -0.710. The van der Waals surface area contributed by atoms with Crippen LogP contribution < -0.4 is 10.1 Å². The molecule has 1 heterocycles. The molecule has 0 unspecified atom stereocenters. The Morgan fingerprint density at radius 3 is 2.65 bits per heavy atom. The Kier molecular flexibility index (Phi) is 4.26. The van der Waals surface area contributed by atoms with Gasteiger partial charge < -0.3 is 10.1 Å². The van der Waals surface area contributed by atoms with Gasteiger partial charge in [0.25, 0.3) is 5.91 Å². The van der Waals surface area contributed by atoms with Crippen molar-refractivity contribution in [1.82, 2.24) is 15.1 Å². The number of hydrogen-bond donors (Lipinski definition) is 1. The number of hydrogen-bond acceptors (Lipinski definition) is 4. The van der Waals surface area contributed by atoms with E-state index in [1.165, 1.54) is 4.90 Å². The first-order valence-electron chi connectivity index (χ1n) is 8.01. The van der Waals surface area contributed by atoms with E-state index in [0.717, 1.165) is 18.6 Å². The standard InChI is InChI=1S/C17H23N3O3/c1-17(13-8-9-13)15(21)20(16(22)18-17)12-19(2)10-11-23-14-6-4-3-5-7-14/h3-7,13H,8-12H2,1-2H3,(H,18,22)/t17-/m1/s1. The zero-order valence-electron chi connectivity index (χ0n) is 13.6. The lowest BCUT2D eigenvalue weighted by Gasteiger charge is -2.24. The number of carbonyl (C=O) groups excluding carboxylic acids is 2. The molecule has 6 heteroatoms. The van der Waals surface area contributed by atoms with Gasteiger partial charge in [-0.2, -0.15) is 0 Å². The van der Waals surface area contributed by atoms with E-state index in [1.807, 2.05) is 49.2 Å². The minimum Gasteiger partial charge on any atom is -0.492 e. The molecular weight excluding hydrogens is 294 g/mol. The first kappa shape index (κ1) is 15.8. The summed E-state index contributed by atoms with van der Waals surface area (Å²) >= 11 is 0. The fourth-order valence-electron chi connectivity index (χ4n) is 2.93. The third-order valence-corrected chi connectivity index (χ3v) is 4.56. The molecule has 0 radical (unpaired) electrons. The van der Waals surface area contributed by atoms with Crippen LogP contribution in [0.5, 0.6) is 5.75 Å². The molecule has 124 valence electrons. The van der Waals surface area contributed by atoms with E-state index in [1.54, 1.807) is 0 Å². The Balaban J connectivity index is 1.48. The predicted molar refractivity (Wildman–Crippen MR) is 85.9 cm³/mol. The van der Waals surface area contributed by atoms with Gasteiger partial charge in [-0.25, -0.2) is 9.69 Å². The fourth-order valence-corrected chi connectivity index (χ4v) is 2.93. The fraction of sp³-hybridized carbons (Fsp3) is 0.529. The Bertz CT molecular complexity index is 588. The van der Waals surface area contributed by atoms with Crippen molar-refractivity contribution >= 4 is 11.9 Å². The van der Waals surface area contributed by atoms with E-state index in [4.69, 9.17) is 4.74 Å². The van der Waals surface area contributed by atoms with E-state index in [0.29, 0.717) is 13.2 Å². The number of nitrogens with zero attached hydrogens (tertiary/aromatic N) is 2. The van der Waals surface area contributed by atoms with Crippen LogP contribution in [0.2, 0.25) is 0 Å². The zero-order valence-corrected chi connectivity index (χ0v) is 13.6. The highest BCUT2D eigenvalue weighted by Gasteiger charge is 2.55. The van der Waals surface area contributed by atoms with Crippen LogP contribution >= 0.6 is 0 Å². The van der Waals surface area contributed by atoms with Gasteiger partial charge in [-0.1, -0.05) is 18.2 Å². The summed E-state index contributed by atoms with van der Waals surface area (Å²) < 4.78 is 5.64. The normalized spacial score (nSPS) is 24.2. The first-order valence-corrected chi connectivity index (χ1v) is 8.01. The molecule has 3 amide bonds. The van der Waals surface area contributed by atoms with Crippen molar-refractivity contribution in [3.8, 4) is 5.75 Å². The number of imide groups is 1. The molecule has 2 aliphatic rings. The van der Waals surface area contributed by atoms with Crippen molar-refractivity contribution in [1.29, 1.82) is 0 Å². The van der Waals surface area contributed by atoms with Gasteiger partial charge in [0.15, 0.2) is 0 Å². The van der Waals surface area contributed by atoms with Crippen LogP contribution in [0.1, 0.15) is 19.8 Å². The monoisotopic (exact) mass is 317 g/mol. The van der Waals surface area contributed by atoms with E-state index >= 15 is 0 Å².